The second-order valence-electron chi connectivity index (χ2n) is 5.47. The fraction of sp³-hybridized carbons (Fsp3) is 0.714. The van der Waals surface area contributed by atoms with Crippen LogP contribution in [0, 0.1) is 5.92 Å². The first kappa shape index (κ1) is 19.9. The molecule has 0 aromatic heterocycles. The van der Waals surface area contributed by atoms with Gasteiger partial charge in [-0.1, -0.05) is 6.92 Å². The van der Waals surface area contributed by atoms with Gasteiger partial charge in [0.05, 0.1) is 14.2 Å². The Morgan fingerprint density at radius 2 is 1.50 bits per heavy atom. The lowest BCUT2D eigenvalue weighted by Gasteiger charge is -2.25. The van der Waals surface area contributed by atoms with Crippen LogP contribution in [0.4, 0.5) is 4.79 Å². The van der Waals surface area contributed by atoms with Crippen LogP contribution in [0.3, 0.4) is 0 Å². The van der Waals surface area contributed by atoms with Crippen LogP contribution >= 0.6 is 0 Å². The first-order valence-electron chi connectivity index (χ1n) is 6.75. The third-order valence-electron chi connectivity index (χ3n) is 2.61. The summed E-state index contributed by atoms with van der Waals surface area (Å²) in [6.07, 6.45) is -0.954. The average Bonchev–Trinajstić information content (AvgIpc) is 2.42. The highest BCUT2D eigenvalue weighted by Crippen LogP contribution is 2.14. The number of carbonyl (C=O) groups is 4. The molecular formula is C14H23NO7. The highest BCUT2D eigenvalue weighted by molar-refractivity contribution is 6.04. The van der Waals surface area contributed by atoms with E-state index in [0.717, 1.165) is 14.2 Å². The Balaban J connectivity index is 5.40. The molecule has 0 rings (SSSR count). The third kappa shape index (κ3) is 6.11. The quantitative estimate of drug-likeness (QED) is 0.439. The van der Waals surface area contributed by atoms with Crippen molar-refractivity contribution in [3.63, 3.8) is 0 Å². The van der Waals surface area contributed by atoms with Gasteiger partial charge in [-0.15, -0.1) is 0 Å². The Kier molecular flexibility index (Phi) is 7.55. The number of carbonyl (C=O) groups excluding carboxylic acids is 4. The lowest BCUT2D eigenvalue weighted by atomic mass is 9.93. The van der Waals surface area contributed by atoms with Gasteiger partial charge in [0.1, 0.15) is 17.3 Å². The summed E-state index contributed by atoms with van der Waals surface area (Å²) in [5, 5.41) is 2.20. The minimum absolute atomic E-state index is 0.0107. The van der Waals surface area contributed by atoms with Crippen LogP contribution in [0.25, 0.3) is 0 Å². The minimum Gasteiger partial charge on any atom is -0.468 e. The van der Waals surface area contributed by atoms with Gasteiger partial charge in [0.25, 0.3) is 0 Å². The molecule has 0 fully saturated rings. The Morgan fingerprint density at radius 1 is 1.00 bits per heavy atom. The standard InChI is InChI=1S/C14H23NO7/c1-7-8(16)9(11(17)20-5)10(12(18)21-6)15-13(19)22-14(2,3)4/h9-10H,7H2,1-6H3,(H,15,19)/t9?,10-/m1/s1. The number of ether oxygens (including phenoxy) is 3. The molecule has 0 saturated heterocycles. The Bertz CT molecular complexity index is 423. The largest absolute Gasteiger partial charge is 0.468 e. The van der Waals surface area contributed by atoms with Crippen LogP contribution in [-0.2, 0) is 28.6 Å². The van der Waals surface area contributed by atoms with Crippen LogP contribution < -0.4 is 5.32 Å². The molecule has 0 aliphatic rings. The van der Waals surface area contributed by atoms with Gasteiger partial charge in [-0.3, -0.25) is 9.59 Å². The van der Waals surface area contributed by atoms with E-state index >= 15 is 0 Å². The van der Waals surface area contributed by atoms with Gasteiger partial charge in [0.15, 0.2) is 6.04 Å². The van der Waals surface area contributed by atoms with E-state index in [4.69, 9.17) is 4.74 Å². The van der Waals surface area contributed by atoms with E-state index in [1.54, 1.807) is 20.8 Å². The summed E-state index contributed by atoms with van der Waals surface area (Å²) in [4.78, 5) is 47.4. The predicted octanol–water partition coefficient (Wildman–Crippen LogP) is 0.821. The lowest BCUT2D eigenvalue weighted by molar-refractivity contribution is -0.158. The van der Waals surface area contributed by atoms with Gasteiger partial charge in [-0.2, -0.15) is 0 Å². The summed E-state index contributed by atoms with van der Waals surface area (Å²) in [6, 6.07) is -1.51. The van der Waals surface area contributed by atoms with Crippen molar-refractivity contribution in [1.29, 1.82) is 0 Å². The second-order valence-corrected chi connectivity index (χ2v) is 5.47. The molecule has 1 N–H and O–H groups in total. The van der Waals surface area contributed by atoms with E-state index in [1.165, 1.54) is 6.92 Å². The zero-order valence-corrected chi connectivity index (χ0v) is 13.7. The van der Waals surface area contributed by atoms with Gasteiger partial charge in [0, 0.05) is 6.42 Å². The lowest BCUT2D eigenvalue weighted by Crippen LogP contribution is -2.53. The number of hydrogen-bond donors (Lipinski definition) is 1. The molecule has 0 aliphatic heterocycles. The van der Waals surface area contributed by atoms with Crippen molar-refractivity contribution in [2.45, 2.75) is 45.8 Å². The molecule has 0 spiro atoms. The van der Waals surface area contributed by atoms with Crippen molar-refractivity contribution in [2.75, 3.05) is 14.2 Å². The number of Topliss-reactive ketones (excluding diaryl/α,β-unsaturated/α-hetero) is 1. The molecule has 0 saturated carbocycles. The molecule has 2 atom stereocenters. The molecule has 8 nitrogen and oxygen atoms in total. The Hall–Kier alpha value is -2.12. The summed E-state index contributed by atoms with van der Waals surface area (Å²) in [5.41, 5.74) is -0.805. The normalized spacial score (nSPS) is 13.5. The number of esters is 2. The van der Waals surface area contributed by atoms with Crippen molar-refractivity contribution in [3.05, 3.63) is 0 Å². The first-order chi connectivity index (χ1) is 10.1. The molecule has 0 radical (unpaired) electrons. The number of methoxy groups -OCH3 is 2. The highest BCUT2D eigenvalue weighted by atomic mass is 16.6. The van der Waals surface area contributed by atoms with Gasteiger partial charge < -0.3 is 19.5 Å². The maximum absolute atomic E-state index is 11.9. The molecule has 0 aliphatic carbocycles. The van der Waals surface area contributed by atoms with Crippen molar-refractivity contribution < 1.29 is 33.4 Å². The molecule has 1 amide bonds. The Labute approximate surface area is 129 Å². The zero-order chi connectivity index (χ0) is 17.5. The van der Waals surface area contributed by atoms with Crippen LogP contribution in [0.15, 0.2) is 0 Å². The van der Waals surface area contributed by atoms with Crippen LogP contribution in [0.1, 0.15) is 34.1 Å². The van der Waals surface area contributed by atoms with Gasteiger partial charge in [-0.05, 0) is 20.8 Å². The van der Waals surface area contributed by atoms with Crippen LogP contribution in [-0.4, -0.2) is 49.7 Å². The van der Waals surface area contributed by atoms with Crippen molar-refractivity contribution in [2.24, 2.45) is 5.92 Å². The molecule has 0 aromatic rings. The van der Waals surface area contributed by atoms with Gasteiger partial charge >= 0.3 is 18.0 Å². The number of nitrogens with one attached hydrogen (secondary N) is 1. The molecule has 0 aromatic carbocycles. The summed E-state index contributed by atoms with van der Waals surface area (Å²) in [7, 11) is 2.16. The summed E-state index contributed by atoms with van der Waals surface area (Å²) in [6.45, 7) is 6.43. The molecule has 22 heavy (non-hydrogen) atoms. The molecule has 0 heterocycles. The van der Waals surface area contributed by atoms with Crippen LogP contribution in [0.2, 0.25) is 0 Å². The number of hydrogen-bond acceptors (Lipinski definition) is 7. The van der Waals surface area contributed by atoms with Crippen LogP contribution in [0.5, 0.6) is 0 Å². The van der Waals surface area contributed by atoms with Crippen molar-refractivity contribution in [3.8, 4) is 0 Å². The van der Waals surface area contributed by atoms with E-state index in [2.05, 4.69) is 14.8 Å². The van der Waals surface area contributed by atoms with E-state index in [-0.39, 0.29) is 6.42 Å². The van der Waals surface area contributed by atoms with E-state index in [1.807, 2.05) is 0 Å². The summed E-state index contributed by atoms with van der Waals surface area (Å²) < 4.78 is 14.1. The van der Waals surface area contributed by atoms with E-state index in [0.29, 0.717) is 0 Å². The highest BCUT2D eigenvalue weighted by Gasteiger charge is 2.41. The number of alkyl carbamates (subject to hydrolysis) is 1. The fourth-order valence-electron chi connectivity index (χ4n) is 1.64. The molecule has 8 heteroatoms. The second kappa shape index (κ2) is 8.35. The third-order valence-corrected chi connectivity index (χ3v) is 2.61. The van der Waals surface area contributed by atoms with Crippen molar-refractivity contribution >= 4 is 23.8 Å². The molecular weight excluding hydrogens is 294 g/mol. The maximum atomic E-state index is 11.9. The van der Waals surface area contributed by atoms with Gasteiger partial charge in [0.2, 0.25) is 0 Å². The fourth-order valence-corrected chi connectivity index (χ4v) is 1.64. The van der Waals surface area contributed by atoms with E-state index < -0.39 is 41.4 Å². The zero-order valence-electron chi connectivity index (χ0n) is 13.7. The minimum atomic E-state index is -1.51. The topological polar surface area (TPSA) is 108 Å². The maximum Gasteiger partial charge on any atom is 0.408 e. The summed E-state index contributed by atoms with van der Waals surface area (Å²) in [5.74, 6) is -3.92. The Morgan fingerprint density at radius 3 is 1.86 bits per heavy atom. The number of ketones is 1. The van der Waals surface area contributed by atoms with Crippen molar-refractivity contribution in [1.82, 2.24) is 5.32 Å². The van der Waals surface area contributed by atoms with Gasteiger partial charge in [-0.25, -0.2) is 9.59 Å². The smallest absolute Gasteiger partial charge is 0.408 e. The van der Waals surface area contributed by atoms with E-state index in [9.17, 15) is 19.2 Å². The number of amides is 1. The monoisotopic (exact) mass is 317 g/mol. The molecule has 126 valence electrons. The SMILES string of the molecule is CCC(=O)C(C(=O)OC)[C@@H](NC(=O)OC(C)(C)C)C(=O)OC. The summed E-state index contributed by atoms with van der Waals surface area (Å²) >= 11 is 0. The molecule has 0 bridgehead atoms. The number of rotatable bonds is 6. The molecule has 1 unspecified atom stereocenters. The average molecular weight is 317 g/mol. The first-order valence-corrected chi connectivity index (χ1v) is 6.75. The predicted molar refractivity (Wildman–Crippen MR) is 76.0 cm³/mol.